The predicted molar refractivity (Wildman–Crippen MR) is 93.4 cm³/mol. The van der Waals surface area contributed by atoms with Gasteiger partial charge in [0.15, 0.2) is 5.82 Å². The van der Waals surface area contributed by atoms with Crippen molar-refractivity contribution in [3.8, 4) is 11.4 Å². The maximum absolute atomic E-state index is 9.38. The molecular weight excluding hydrogens is 302 g/mol. The first kappa shape index (κ1) is 17.0. The Balaban J connectivity index is 1.86. The van der Waals surface area contributed by atoms with Crippen molar-refractivity contribution in [1.82, 2.24) is 24.6 Å². The highest BCUT2D eigenvalue weighted by atomic mass is 16.3. The molecule has 24 heavy (non-hydrogen) atoms. The number of aromatic nitrogens is 4. The molecule has 0 aromatic carbocycles. The molecule has 0 unspecified atom stereocenters. The lowest BCUT2D eigenvalue weighted by Gasteiger charge is -2.35. The molecule has 1 fully saturated rings. The first-order chi connectivity index (χ1) is 11.7. The van der Waals surface area contributed by atoms with Crippen molar-refractivity contribution >= 4 is 0 Å². The topological polar surface area (TPSA) is 67.1 Å². The largest absolute Gasteiger partial charge is 0.394 e. The molecule has 1 aliphatic carbocycles. The second kappa shape index (κ2) is 7.85. The van der Waals surface area contributed by atoms with Crippen molar-refractivity contribution in [2.24, 2.45) is 0 Å². The molecule has 2 aromatic rings. The van der Waals surface area contributed by atoms with Crippen LogP contribution in [0.1, 0.15) is 50.9 Å². The van der Waals surface area contributed by atoms with Crippen LogP contribution >= 0.6 is 0 Å². The Morgan fingerprint density at radius 1 is 1.25 bits per heavy atom. The second-order valence-electron chi connectivity index (χ2n) is 6.61. The van der Waals surface area contributed by atoms with Gasteiger partial charge in [-0.2, -0.15) is 5.10 Å². The fourth-order valence-electron chi connectivity index (χ4n) is 3.53. The molecule has 0 saturated heterocycles. The zero-order chi connectivity index (χ0) is 16.9. The van der Waals surface area contributed by atoms with Crippen LogP contribution in [0.2, 0.25) is 0 Å². The minimum atomic E-state index is 0.0615. The summed E-state index contributed by atoms with van der Waals surface area (Å²) in [6.07, 6.45) is 9.99. The molecule has 2 aromatic heterocycles. The quantitative estimate of drug-likeness (QED) is 0.882. The van der Waals surface area contributed by atoms with Crippen molar-refractivity contribution in [2.75, 3.05) is 13.7 Å². The first-order valence-electron chi connectivity index (χ1n) is 8.88. The predicted octanol–water partition coefficient (Wildman–Crippen LogP) is 2.66. The zero-order valence-corrected chi connectivity index (χ0v) is 14.6. The van der Waals surface area contributed by atoms with E-state index in [1.165, 1.54) is 32.1 Å². The van der Waals surface area contributed by atoms with Gasteiger partial charge in [0.05, 0.1) is 19.2 Å². The molecule has 0 amide bonds. The fraction of sp³-hybridized carbons (Fsp3) is 0.611. The van der Waals surface area contributed by atoms with Crippen LogP contribution in [-0.4, -0.2) is 49.5 Å². The number of nitrogens with zero attached hydrogens (tertiary/aromatic N) is 5. The normalized spacial score (nSPS) is 17.3. The summed E-state index contributed by atoms with van der Waals surface area (Å²) in [6.45, 7) is 2.71. The summed E-state index contributed by atoms with van der Waals surface area (Å²) in [5.74, 6) is 1.62. The van der Waals surface area contributed by atoms with Crippen molar-refractivity contribution in [3.63, 3.8) is 0 Å². The molecule has 1 aliphatic rings. The summed E-state index contributed by atoms with van der Waals surface area (Å²) in [5, 5.41) is 14.0. The summed E-state index contributed by atoms with van der Waals surface area (Å²) in [5.41, 5.74) is 0.954. The van der Waals surface area contributed by atoms with Crippen molar-refractivity contribution in [3.05, 3.63) is 30.4 Å². The van der Waals surface area contributed by atoms with Gasteiger partial charge in [-0.1, -0.05) is 19.3 Å². The number of hydrogen-bond donors (Lipinski definition) is 1. The SMILES string of the molecule is C[C@@H](c1nc(-c2ccncc2)nn1CCO)N(C)C1CCCCC1. The van der Waals surface area contributed by atoms with E-state index in [1.807, 2.05) is 16.8 Å². The summed E-state index contributed by atoms with van der Waals surface area (Å²) in [7, 11) is 2.19. The molecule has 130 valence electrons. The lowest BCUT2D eigenvalue weighted by molar-refractivity contribution is 0.137. The maximum Gasteiger partial charge on any atom is 0.181 e. The van der Waals surface area contributed by atoms with E-state index in [9.17, 15) is 5.11 Å². The molecule has 1 saturated carbocycles. The van der Waals surface area contributed by atoms with Gasteiger partial charge in [-0.15, -0.1) is 0 Å². The van der Waals surface area contributed by atoms with Crippen LogP contribution in [0, 0.1) is 0 Å². The van der Waals surface area contributed by atoms with Gasteiger partial charge in [0, 0.05) is 24.0 Å². The molecular formula is C18H27N5O. The maximum atomic E-state index is 9.38. The van der Waals surface area contributed by atoms with Gasteiger partial charge >= 0.3 is 0 Å². The minimum absolute atomic E-state index is 0.0615. The van der Waals surface area contributed by atoms with Gasteiger partial charge in [0.25, 0.3) is 0 Å². The average molecular weight is 329 g/mol. The lowest BCUT2D eigenvalue weighted by atomic mass is 9.93. The highest BCUT2D eigenvalue weighted by molar-refractivity contribution is 5.53. The van der Waals surface area contributed by atoms with E-state index < -0.39 is 0 Å². The number of hydrogen-bond acceptors (Lipinski definition) is 5. The molecule has 6 nitrogen and oxygen atoms in total. The van der Waals surface area contributed by atoms with E-state index in [1.54, 1.807) is 12.4 Å². The Kier molecular flexibility index (Phi) is 5.58. The number of aliphatic hydroxyl groups is 1. The van der Waals surface area contributed by atoms with E-state index in [2.05, 4.69) is 29.0 Å². The van der Waals surface area contributed by atoms with Crippen LogP contribution in [-0.2, 0) is 6.54 Å². The van der Waals surface area contributed by atoms with Gasteiger partial charge < -0.3 is 5.11 Å². The van der Waals surface area contributed by atoms with Crippen LogP contribution in [0.25, 0.3) is 11.4 Å². The fourth-order valence-corrected chi connectivity index (χ4v) is 3.53. The number of pyridine rings is 1. The van der Waals surface area contributed by atoms with Crippen LogP contribution in [0.3, 0.4) is 0 Å². The van der Waals surface area contributed by atoms with Crippen LogP contribution in [0.5, 0.6) is 0 Å². The zero-order valence-electron chi connectivity index (χ0n) is 14.6. The van der Waals surface area contributed by atoms with Gasteiger partial charge in [-0.3, -0.25) is 9.88 Å². The lowest BCUT2D eigenvalue weighted by Crippen LogP contribution is -2.36. The van der Waals surface area contributed by atoms with Crippen LogP contribution < -0.4 is 0 Å². The first-order valence-corrected chi connectivity index (χ1v) is 8.88. The Hall–Kier alpha value is -1.79. The van der Waals surface area contributed by atoms with Gasteiger partial charge in [0.2, 0.25) is 0 Å². The van der Waals surface area contributed by atoms with Crippen LogP contribution in [0.4, 0.5) is 0 Å². The summed E-state index contributed by atoms with van der Waals surface area (Å²) >= 11 is 0. The van der Waals surface area contributed by atoms with E-state index in [-0.39, 0.29) is 12.6 Å². The third kappa shape index (κ3) is 3.65. The number of aliphatic hydroxyl groups excluding tert-OH is 1. The standard InChI is InChI=1S/C18H27N5O/c1-14(22(2)16-6-4-3-5-7-16)18-20-17(21-23(18)12-13-24)15-8-10-19-11-9-15/h8-11,14,16,24H,3-7,12-13H2,1-2H3/t14-/m0/s1. The molecule has 0 spiro atoms. The third-order valence-electron chi connectivity index (χ3n) is 5.09. The second-order valence-corrected chi connectivity index (χ2v) is 6.61. The molecule has 2 heterocycles. The smallest absolute Gasteiger partial charge is 0.181 e. The molecule has 6 heteroatoms. The average Bonchev–Trinajstić information content (AvgIpc) is 3.06. The number of rotatable bonds is 6. The Labute approximate surface area is 143 Å². The van der Waals surface area contributed by atoms with E-state index in [0.717, 1.165) is 11.4 Å². The molecule has 1 N–H and O–H groups in total. The highest BCUT2D eigenvalue weighted by Crippen LogP contribution is 2.29. The van der Waals surface area contributed by atoms with Crippen LogP contribution in [0.15, 0.2) is 24.5 Å². The van der Waals surface area contributed by atoms with E-state index in [0.29, 0.717) is 18.4 Å². The monoisotopic (exact) mass is 329 g/mol. The summed E-state index contributed by atoms with van der Waals surface area (Å²) < 4.78 is 1.85. The van der Waals surface area contributed by atoms with Crippen molar-refractivity contribution < 1.29 is 5.11 Å². The van der Waals surface area contributed by atoms with Gasteiger partial charge in [0.1, 0.15) is 5.82 Å². The third-order valence-corrected chi connectivity index (χ3v) is 5.09. The molecule has 0 radical (unpaired) electrons. The van der Waals surface area contributed by atoms with Crippen molar-refractivity contribution in [1.29, 1.82) is 0 Å². The Bertz CT molecular complexity index is 636. The summed E-state index contributed by atoms with van der Waals surface area (Å²) in [4.78, 5) is 11.3. The van der Waals surface area contributed by atoms with E-state index in [4.69, 9.17) is 4.98 Å². The molecule has 0 bridgehead atoms. The molecule has 0 aliphatic heterocycles. The molecule has 3 rings (SSSR count). The van der Waals surface area contributed by atoms with E-state index >= 15 is 0 Å². The molecule has 1 atom stereocenters. The minimum Gasteiger partial charge on any atom is -0.394 e. The highest BCUT2D eigenvalue weighted by Gasteiger charge is 2.26. The van der Waals surface area contributed by atoms with Gasteiger partial charge in [-0.05, 0) is 38.9 Å². The van der Waals surface area contributed by atoms with Crippen molar-refractivity contribution in [2.45, 2.75) is 57.7 Å². The summed E-state index contributed by atoms with van der Waals surface area (Å²) in [6, 6.07) is 4.61. The van der Waals surface area contributed by atoms with Gasteiger partial charge in [-0.25, -0.2) is 9.67 Å². The Morgan fingerprint density at radius 2 is 1.96 bits per heavy atom. The Morgan fingerprint density at radius 3 is 2.62 bits per heavy atom.